The van der Waals surface area contributed by atoms with Crippen molar-refractivity contribution in [3.63, 3.8) is 0 Å². The van der Waals surface area contributed by atoms with E-state index in [4.69, 9.17) is 5.11 Å². The molecular formula is C13H9FO3. The number of halogens is 1. The molecule has 17 heavy (non-hydrogen) atoms. The van der Waals surface area contributed by atoms with Gasteiger partial charge >= 0.3 is 5.97 Å². The fourth-order valence-corrected chi connectivity index (χ4v) is 1.62. The van der Waals surface area contributed by atoms with Crippen LogP contribution >= 0.6 is 0 Å². The second kappa shape index (κ2) is 4.25. The second-order valence-electron chi connectivity index (χ2n) is 3.55. The molecule has 0 amide bonds. The van der Waals surface area contributed by atoms with Crippen LogP contribution in [0.5, 0.6) is 5.75 Å². The number of carboxylic acids is 1. The average molecular weight is 232 g/mol. The molecular weight excluding hydrogens is 223 g/mol. The lowest BCUT2D eigenvalue weighted by molar-refractivity contribution is 0.0697. The first-order chi connectivity index (χ1) is 8.08. The third-order valence-electron chi connectivity index (χ3n) is 2.37. The largest absolute Gasteiger partial charge is 0.508 e. The number of phenolic OH excluding ortho intramolecular Hbond substituents is 1. The van der Waals surface area contributed by atoms with E-state index in [1.54, 1.807) is 12.1 Å². The third-order valence-corrected chi connectivity index (χ3v) is 2.37. The summed E-state index contributed by atoms with van der Waals surface area (Å²) >= 11 is 0. The van der Waals surface area contributed by atoms with Crippen molar-refractivity contribution < 1.29 is 19.4 Å². The molecule has 0 bridgehead atoms. The minimum Gasteiger partial charge on any atom is -0.508 e. The van der Waals surface area contributed by atoms with Crippen molar-refractivity contribution in [2.75, 3.05) is 0 Å². The van der Waals surface area contributed by atoms with Gasteiger partial charge in [-0.25, -0.2) is 9.18 Å². The van der Waals surface area contributed by atoms with Crippen molar-refractivity contribution in [3.05, 3.63) is 53.8 Å². The van der Waals surface area contributed by atoms with E-state index in [2.05, 4.69) is 0 Å². The van der Waals surface area contributed by atoms with Crippen LogP contribution in [-0.4, -0.2) is 16.2 Å². The molecule has 0 saturated carbocycles. The molecule has 0 saturated heterocycles. The van der Waals surface area contributed by atoms with Crippen molar-refractivity contribution in [1.29, 1.82) is 0 Å². The number of hydrogen-bond acceptors (Lipinski definition) is 2. The number of phenols is 1. The molecule has 0 aliphatic rings. The standard InChI is InChI=1S/C13H9FO3/c14-9-4-5-11(13(16)17)12(7-9)8-2-1-3-10(15)6-8/h1-7,15H,(H,16,17). The SMILES string of the molecule is O=C(O)c1ccc(F)cc1-c1cccc(O)c1. The van der Waals surface area contributed by atoms with Crippen LogP contribution in [0.2, 0.25) is 0 Å². The summed E-state index contributed by atoms with van der Waals surface area (Å²) in [6.07, 6.45) is 0. The summed E-state index contributed by atoms with van der Waals surface area (Å²) in [6, 6.07) is 9.47. The third kappa shape index (κ3) is 2.25. The maximum atomic E-state index is 13.1. The normalized spacial score (nSPS) is 10.2. The van der Waals surface area contributed by atoms with Gasteiger partial charge in [0.25, 0.3) is 0 Å². The van der Waals surface area contributed by atoms with Crippen LogP contribution in [0.4, 0.5) is 4.39 Å². The minimum absolute atomic E-state index is 0.00278. The van der Waals surface area contributed by atoms with Crippen molar-refractivity contribution >= 4 is 5.97 Å². The van der Waals surface area contributed by atoms with Gasteiger partial charge in [-0.1, -0.05) is 12.1 Å². The van der Waals surface area contributed by atoms with Crippen LogP contribution in [0.25, 0.3) is 11.1 Å². The van der Waals surface area contributed by atoms with Crippen LogP contribution in [-0.2, 0) is 0 Å². The molecule has 0 heterocycles. The molecule has 0 unspecified atom stereocenters. The lowest BCUT2D eigenvalue weighted by Gasteiger charge is -2.06. The van der Waals surface area contributed by atoms with Crippen LogP contribution < -0.4 is 0 Å². The number of aromatic hydroxyl groups is 1. The first-order valence-electron chi connectivity index (χ1n) is 4.90. The Morgan fingerprint density at radius 3 is 2.53 bits per heavy atom. The summed E-state index contributed by atoms with van der Waals surface area (Å²) < 4.78 is 13.1. The lowest BCUT2D eigenvalue weighted by atomic mass is 9.99. The van der Waals surface area contributed by atoms with Crippen LogP contribution in [0, 0.1) is 5.82 Å². The van der Waals surface area contributed by atoms with Gasteiger partial charge < -0.3 is 10.2 Å². The minimum atomic E-state index is -1.14. The molecule has 0 aliphatic heterocycles. The first-order valence-corrected chi connectivity index (χ1v) is 4.90. The quantitative estimate of drug-likeness (QED) is 0.836. The Morgan fingerprint density at radius 2 is 1.88 bits per heavy atom. The zero-order valence-corrected chi connectivity index (χ0v) is 8.72. The topological polar surface area (TPSA) is 57.5 Å². The molecule has 0 radical (unpaired) electrons. The molecule has 0 fully saturated rings. The van der Waals surface area contributed by atoms with Gasteiger partial charge in [-0.15, -0.1) is 0 Å². The maximum Gasteiger partial charge on any atom is 0.336 e. The van der Waals surface area contributed by atoms with Gasteiger partial charge in [0.1, 0.15) is 11.6 Å². The van der Waals surface area contributed by atoms with Crippen LogP contribution in [0.3, 0.4) is 0 Å². The Bertz CT molecular complexity index is 579. The Kier molecular flexibility index (Phi) is 2.78. The Balaban J connectivity index is 2.65. The van der Waals surface area contributed by atoms with Crippen molar-refractivity contribution in [1.82, 2.24) is 0 Å². The zero-order valence-electron chi connectivity index (χ0n) is 8.72. The smallest absolute Gasteiger partial charge is 0.336 e. The zero-order chi connectivity index (χ0) is 12.4. The summed E-state index contributed by atoms with van der Waals surface area (Å²) in [5.74, 6) is -1.65. The van der Waals surface area contributed by atoms with E-state index in [0.717, 1.165) is 12.1 Å². The highest BCUT2D eigenvalue weighted by atomic mass is 19.1. The second-order valence-corrected chi connectivity index (χ2v) is 3.55. The summed E-state index contributed by atoms with van der Waals surface area (Å²) in [5.41, 5.74) is 0.701. The Labute approximate surface area is 96.8 Å². The molecule has 2 aromatic rings. The van der Waals surface area contributed by atoms with Gasteiger partial charge in [-0.2, -0.15) is 0 Å². The molecule has 0 aliphatic carbocycles. The Hall–Kier alpha value is -2.36. The molecule has 2 N–H and O–H groups in total. The van der Waals surface area contributed by atoms with Gasteiger partial charge in [-0.05, 0) is 41.5 Å². The van der Waals surface area contributed by atoms with Crippen molar-refractivity contribution in [2.24, 2.45) is 0 Å². The van der Waals surface area contributed by atoms with E-state index in [-0.39, 0.29) is 16.9 Å². The highest BCUT2D eigenvalue weighted by Gasteiger charge is 2.12. The fourth-order valence-electron chi connectivity index (χ4n) is 1.62. The highest BCUT2D eigenvalue weighted by Crippen LogP contribution is 2.27. The van der Waals surface area contributed by atoms with E-state index in [9.17, 15) is 14.3 Å². The number of hydrogen-bond donors (Lipinski definition) is 2. The van der Waals surface area contributed by atoms with E-state index in [0.29, 0.717) is 5.56 Å². The van der Waals surface area contributed by atoms with Gasteiger partial charge in [0.15, 0.2) is 0 Å². The van der Waals surface area contributed by atoms with E-state index >= 15 is 0 Å². The lowest BCUT2D eigenvalue weighted by Crippen LogP contribution is -1.99. The van der Waals surface area contributed by atoms with Gasteiger partial charge in [0.05, 0.1) is 5.56 Å². The molecule has 4 heteroatoms. The van der Waals surface area contributed by atoms with Gasteiger partial charge in [-0.3, -0.25) is 0 Å². The van der Waals surface area contributed by atoms with Crippen molar-refractivity contribution in [3.8, 4) is 16.9 Å². The molecule has 3 nitrogen and oxygen atoms in total. The van der Waals surface area contributed by atoms with Crippen LogP contribution in [0.15, 0.2) is 42.5 Å². The van der Waals surface area contributed by atoms with Crippen molar-refractivity contribution in [2.45, 2.75) is 0 Å². The number of carbonyl (C=O) groups is 1. The number of aromatic carboxylic acids is 1. The van der Waals surface area contributed by atoms with Gasteiger partial charge in [0.2, 0.25) is 0 Å². The number of carboxylic acid groups (broad SMARTS) is 1. The summed E-state index contributed by atoms with van der Waals surface area (Å²) in [6.45, 7) is 0. The Morgan fingerprint density at radius 1 is 1.12 bits per heavy atom. The number of benzene rings is 2. The highest BCUT2D eigenvalue weighted by molar-refractivity contribution is 5.96. The summed E-state index contributed by atoms with van der Waals surface area (Å²) in [5, 5.41) is 18.3. The predicted octanol–water partition coefficient (Wildman–Crippen LogP) is 2.90. The molecule has 2 rings (SSSR count). The first kappa shape index (κ1) is 11.1. The number of rotatable bonds is 2. The van der Waals surface area contributed by atoms with E-state index in [1.165, 1.54) is 18.2 Å². The molecule has 0 spiro atoms. The van der Waals surface area contributed by atoms with E-state index in [1.807, 2.05) is 0 Å². The predicted molar refractivity (Wildman–Crippen MR) is 60.5 cm³/mol. The summed E-state index contributed by atoms with van der Waals surface area (Å²) in [7, 11) is 0. The monoisotopic (exact) mass is 232 g/mol. The molecule has 2 aromatic carbocycles. The fraction of sp³-hybridized carbons (Fsp3) is 0. The molecule has 0 atom stereocenters. The van der Waals surface area contributed by atoms with Crippen LogP contribution in [0.1, 0.15) is 10.4 Å². The molecule has 0 aromatic heterocycles. The summed E-state index contributed by atoms with van der Waals surface area (Å²) in [4.78, 5) is 11.0. The van der Waals surface area contributed by atoms with E-state index < -0.39 is 11.8 Å². The van der Waals surface area contributed by atoms with Gasteiger partial charge in [0, 0.05) is 0 Å². The molecule has 86 valence electrons. The maximum absolute atomic E-state index is 13.1. The average Bonchev–Trinajstić information content (AvgIpc) is 2.28.